The number of hydrogen-bond acceptors (Lipinski definition) is 2. The molecule has 1 atom stereocenters. The number of hydrogen-bond donors (Lipinski definition) is 0. The van der Waals surface area contributed by atoms with Crippen LogP contribution in [0.5, 0.6) is 0 Å². The van der Waals surface area contributed by atoms with Crippen molar-refractivity contribution in [3.63, 3.8) is 0 Å². The Morgan fingerprint density at radius 3 is 2.47 bits per heavy atom. The maximum absolute atomic E-state index is 12.5. The van der Waals surface area contributed by atoms with Crippen molar-refractivity contribution in [1.82, 2.24) is 4.90 Å². The van der Waals surface area contributed by atoms with E-state index in [-0.39, 0.29) is 11.9 Å². The van der Waals surface area contributed by atoms with E-state index in [0.29, 0.717) is 24.6 Å². The van der Waals surface area contributed by atoms with Crippen molar-refractivity contribution in [3.8, 4) is 0 Å². The minimum Gasteiger partial charge on any atom is -0.383 e. The summed E-state index contributed by atoms with van der Waals surface area (Å²) in [5.74, 6) is 0.514. The molecule has 0 heterocycles. The molecule has 1 aromatic rings. The molecule has 0 spiro atoms. The molecule has 1 rings (SSSR count). The fraction of sp³-hybridized carbons (Fsp3) is 0.533. The van der Waals surface area contributed by atoms with Gasteiger partial charge in [0.05, 0.1) is 6.61 Å². The van der Waals surface area contributed by atoms with Gasteiger partial charge >= 0.3 is 0 Å². The van der Waals surface area contributed by atoms with Crippen LogP contribution in [0.2, 0.25) is 0 Å². The van der Waals surface area contributed by atoms with E-state index >= 15 is 0 Å². The molecule has 106 valence electrons. The molecule has 0 aliphatic heterocycles. The lowest BCUT2D eigenvalue weighted by Crippen LogP contribution is -2.40. The van der Waals surface area contributed by atoms with Crippen LogP contribution in [-0.2, 0) is 10.6 Å². The minimum absolute atomic E-state index is 0.0486. The second kappa shape index (κ2) is 8.18. The lowest BCUT2D eigenvalue weighted by atomic mass is 10.1. The Bertz CT molecular complexity index is 392. The van der Waals surface area contributed by atoms with Crippen LogP contribution in [0.4, 0.5) is 0 Å². The van der Waals surface area contributed by atoms with Gasteiger partial charge in [-0.15, -0.1) is 11.6 Å². The Labute approximate surface area is 120 Å². The van der Waals surface area contributed by atoms with E-state index in [4.69, 9.17) is 16.3 Å². The molecule has 0 aliphatic carbocycles. The summed E-state index contributed by atoms with van der Waals surface area (Å²) < 4.78 is 5.08. The molecule has 19 heavy (non-hydrogen) atoms. The van der Waals surface area contributed by atoms with Crippen molar-refractivity contribution < 1.29 is 9.53 Å². The van der Waals surface area contributed by atoms with Crippen molar-refractivity contribution in [2.45, 2.75) is 32.2 Å². The monoisotopic (exact) mass is 283 g/mol. The third-order valence-corrected chi connectivity index (χ3v) is 3.58. The van der Waals surface area contributed by atoms with E-state index in [1.54, 1.807) is 7.11 Å². The number of amides is 1. The van der Waals surface area contributed by atoms with E-state index in [2.05, 4.69) is 13.8 Å². The van der Waals surface area contributed by atoms with Crippen LogP contribution in [-0.4, -0.2) is 37.1 Å². The summed E-state index contributed by atoms with van der Waals surface area (Å²) in [6.45, 7) is 5.30. The molecule has 0 radical (unpaired) electrons. The molecule has 0 fully saturated rings. The summed E-state index contributed by atoms with van der Waals surface area (Å²) in [5, 5.41) is 0. The first-order chi connectivity index (χ1) is 9.13. The standard InChI is InChI=1S/C15H22ClNO2/c1-4-12(2)17(9-10-19-3)15(18)14-7-5-13(11-16)6-8-14/h5-8,12H,4,9-11H2,1-3H3. The Hall–Kier alpha value is -1.06. The Morgan fingerprint density at radius 1 is 1.37 bits per heavy atom. The molecule has 0 N–H and O–H groups in total. The second-order valence-corrected chi connectivity index (χ2v) is 4.85. The van der Waals surface area contributed by atoms with E-state index in [9.17, 15) is 4.79 Å². The third-order valence-electron chi connectivity index (χ3n) is 3.28. The number of carbonyl (C=O) groups is 1. The first kappa shape index (κ1) is 16.0. The van der Waals surface area contributed by atoms with Crippen molar-refractivity contribution in [3.05, 3.63) is 35.4 Å². The highest BCUT2D eigenvalue weighted by Gasteiger charge is 2.19. The van der Waals surface area contributed by atoms with Gasteiger partial charge in [0.1, 0.15) is 0 Å². The van der Waals surface area contributed by atoms with Crippen LogP contribution in [0.25, 0.3) is 0 Å². The lowest BCUT2D eigenvalue weighted by molar-refractivity contribution is 0.0614. The van der Waals surface area contributed by atoms with Gasteiger partial charge in [-0.25, -0.2) is 0 Å². The van der Waals surface area contributed by atoms with Crippen LogP contribution < -0.4 is 0 Å². The zero-order valence-electron chi connectivity index (χ0n) is 11.9. The van der Waals surface area contributed by atoms with E-state index < -0.39 is 0 Å². The molecule has 0 aromatic heterocycles. The molecule has 0 saturated heterocycles. The molecular formula is C15H22ClNO2. The lowest BCUT2D eigenvalue weighted by Gasteiger charge is -2.28. The molecule has 0 aliphatic rings. The number of rotatable bonds is 7. The molecule has 1 amide bonds. The second-order valence-electron chi connectivity index (χ2n) is 4.58. The average Bonchev–Trinajstić information content (AvgIpc) is 2.47. The van der Waals surface area contributed by atoms with Crippen molar-refractivity contribution in [1.29, 1.82) is 0 Å². The predicted molar refractivity (Wildman–Crippen MR) is 78.7 cm³/mol. The first-order valence-corrected chi connectivity index (χ1v) is 7.12. The highest BCUT2D eigenvalue weighted by Crippen LogP contribution is 2.13. The SMILES string of the molecule is CCC(C)N(CCOC)C(=O)c1ccc(CCl)cc1. The number of carbonyl (C=O) groups excluding carboxylic acids is 1. The number of halogens is 1. The number of ether oxygens (including phenoxy) is 1. The summed E-state index contributed by atoms with van der Waals surface area (Å²) in [4.78, 5) is 14.3. The van der Waals surface area contributed by atoms with Crippen molar-refractivity contribution in [2.75, 3.05) is 20.3 Å². The van der Waals surface area contributed by atoms with Gasteiger partial charge in [-0.3, -0.25) is 4.79 Å². The Kier molecular flexibility index (Phi) is 6.89. The minimum atomic E-state index is 0.0486. The number of methoxy groups -OCH3 is 1. The maximum Gasteiger partial charge on any atom is 0.254 e. The quantitative estimate of drug-likeness (QED) is 0.719. The highest BCUT2D eigenvalue weighted by molar-refractivity contribution is 6.17. The van der Waals surface area contributed by atoms with Crippen LogP contribution in [0, 0.1) is 0 Å². The molecule has 0 bridgehead atoms. The first-order valence-electron chi connectivity index (χ1n) is 6.58. The number of alkyl halides is 1. The average molecular weight is 284 g/mol. The zero-order chi connectivity index (χ0) is 14.3. The van der Waals surface area contributed by atoms with Gasteiger partial charge in [0, 0.05) is 31.1 Å². The Balaban J connectivity index is 2.84. The Morgan fingerprint density at radius 2 is 2.00 bits per heavy atom. The van der Waals surface area contributed by atoms with Crippen LogP contribution in [0.15, 0.2) is 24.3 Å². The zero-order valence-corrected chi connectivity index (χ0v) is 12.6. The molecule has 1 aromatic carbocycles. The van der Waals surface area contributed by atoms with Gasteiger partial charge in [0.2, 0.25) is 0 Å². The molecule has 4 heteroatoms. The van der Waals surface area contributed by atoms with Crippen LogP contribution in [0.1, 0.15) is 36.2 Å². The molecular weight excluding hydrogens is 262 g/mol. The smallest absolute Gasteiger partial charge is 0.254 e. The topological polar surface area (TPSA) is 29.5 Å². The number of benzene rings is 1. The maximum atomic E-state index is 12.5. The summed E-state index contributed by atoms with van der Waals surface area (Å²) in [6, 6.07) is 7.66. The fourth-order valence-corrected chi connectivity index (χ4v) is 2.01. The van der Waals surface area contributed by atoms with E-state index in [0.717, 1.165) is 12.0 Å². The third kappa shape index (κ3) is 4.51. The van der Waals surface area contributed by atoms with Crippen LogP contribution in [0.3, 0.4) is 0 Å². The van der Waals surface area contributed by atoms with Crippen molar-refractivity contribution in [2.24, 2.45) is 0 Å². The van der Waals surface area contributed by atoms with Crippen molar-refractivity contribution >= 4 is 17.5 Å². The van der Waals surface area contributed by atoms with Gasteiger partial charge in [-0.2, -0.15) is 0 Å². The summed E-state index contributed by atoms with van der Waals surface area (Å²) in [7, 11) is 1.65. The van der Waals surface area contributed by atoms with Gasteiger partial charge in [0.25, 0.3) is 5.91 Å². The predicted octanol–water partition coefficient (Wildman–Crippen LogP) is 3.31. The fourth-order valence-electron chi connectivity index (χ4n) is 1.83. The largest absolute Gasteiger partial charge is 0.383 e. The molecule has 1 unspecified atom stereocenters. The van der Waals surface area contributed by atoms with E-state index in [1.165, 1.54) is 0 Å². The summed E-state index contributed by atoms with van der Waals surface area (Å²) >= 11 is 5.75. The normalized spacial score (nSPS) is 12.2. The number of nitrogens with zero attached hydrogens (tertiary/aromatic N) is 1. The molecule has 0 saturated carbocycles. The summed E-state index contributed by atoms with van der Waals surface area (Å²) in [5.41, 5.74) is 1.72. The molecule has 3 nitrogen and oxygen atoms in total. The highest BCUT2D eigenvalue weighted by atomic mass is 35.5. The van der Waals surface area contributed by atoms with Gasteiger partial charge < -0.3 is 9.64 Å². The van der Waals surface area contributed by atoms with Gasteiger partial charge in [-0.1, -0.05) is 19.1 Å². The van der Waals surface area contributed by atoms with Gasteiger partial charge in [0.15, 0.2) is 0 Å². The van der Waals surface area contributed by atoms with Crippen LogP contribution >= 0.6 is 11.6 Å². The summed E-state index contributed by atoms with van der Waals surface area (Å²) in [6.07, 6.45) is 0.926. The van der Waals surface area contributed by atoms with Gasteiger partial charge in [-0.05, 0) is 31.0 Å². The van der Waals surface area contributed by atoms with E-state index in [1.807, 2.05) is 29.2 Å².